The zero-order valence-electron chi connectivity index (χ0n) is 27.2. The van der Waals surface area contributed by atoms with E-state index in [0.29, 0.717) is 55.6 Å². The van der Waals surface area contributed by atoms with Crippen LogP contribution in [0.2, 0.25) is 0 Å². The molecule has 2 saturated heterocycles. The molecule has 2 unspecified atom stereocenters. The van der Waals surface area contributed by atoms with Crippen LogP contribution in [0.5, 0.6) is 23.0 Å². The van der Waals surface area contributed by atoms with E-state index in [-0.39, 0.29) is 42.6 Å². The summed E-state index contributed by atoms with van der Waals surface area (Å²) in [6, 6.07) is 11.0. The van der Waals surface area contributed by atoms with E-state index in [9.17, 15) is 19.2 Å². The zero-order chi connectivity index (χ0) is 33.6. The van der Waals surface area contributed by atoms with Crippen LogP contribution in [0, 0.1) is 11.8 Å². The Morgan fingerprint density at radius 1 is 0.783 bits per heavy atom. The van der Waals surface area contributed by atoms with Crippen molar-refractivity contribution in [3.63, 3.8) is 0 Å². The number of carbonyl (C=O) groups is 4. The number of nitrogens with one attached hydrogen (secondary N) is 1. The summed E-state index contributed by atoms with van der Waals surface area (Å²) < 4.78 is 26.1. The molecule has 2 aromatic carbocycles. The molecule has 2 heterocycles. The zero-order valence-corrected chi connectivity index (χ0v) is 27.2. The van der Waals surface area contributed by atoms with Gasteiger partial charge in [-0.15, -0.1) is 0 Å². The highest BCUT2D eigenvalue weighted by atomic mass is 16.5. The van der Waals surface area contributed by atoms with Crippen molar-refractivity contribution in [2.75, 3.05) is 48.1 Å². The number of benzene rings is 2. The molecule has 2 atom stereocenters. The highest BCUT2D eigenvalue weighted by molar-refractivity contribution is 5.86. The standard InChI is InChI=1S/C17H23NO5.C16H22N2O5/c1-12(19)23-11-14-5-4-8-18(17(14)20)10-13-6-7-15(21-2)9-16(13)22-3;1-22-13-6-5-12(14(9-13)23-2)10-18-7-3-4-11(16(18)20)8-15(19)17-21/h6-7,9,14H,4-5,8,10-11H2,1-3H3;5-6,9,11,21H,3-4,7-8,10H2,1-2H3,(H,17,19). The van der Waals surface area contributed by atoms with Crippen LogP contribution < -0.4 is 24.4 Å². The molecule has 2 N–H and O–H groups in total. The Balaban J connectivity index is 0.000000250. The Kier molecular flexibility index (Phi) is 13.9. The number of piperidine rings is 2. The summed E-state index contributed by atoms with van der Waals surface area (Å²) in [5.41, 5.74) is 3.39. The molecule has 46 heavy (non-hydrogen) atoms. The Morgan fingerprint density at radius 2 is 1.26 bits per heavy atom. The maximum Gasteiger partial charge on any atom is 0.302 e. The number of likely N-dealkylation sites (tertiary alicyclic amines) is 2. The van der Waals surface area contributed by atoms with Crippen molar-refractivity contribution in [3.05, 3.63) is 47.5 Å². The highest BCUT2D eigenvalue weighted by Crippen LogP contribution is 2.30. The first-order valence-electron chi connectivity index (χ1n) is 15.2. The van der Waals surface area contributed by atoms with Crippen LogP contribution >= 0.6 is 0 Å². The van der Waals surface area contributed by atoms with E-state index < -0.39 is 5.91 Å². The summed E-state index contributed by atoms with van der Waals surface area (Å²) in [6.45, 7) is 3.75. The van der Waals surface area contributed by atoms with Gasteiger partial charge >= 0.3 is 5.97 Å². The number of hydrogen-bond acceptors (Lipinski definition) is 10. The molecule has 0 aromatic heterocycles. The van der Waals surface area contributed by atoms with Gasteiger partial charge in [-0.05, 0) is 49.9 Å². The monoisotopic (exact) mass is 643 g/mol. The van der Waals surface area contributed by atoms with Crippen molar-refractivity contribution >= 4 is 23.7 Å². The number of esters is 1. The Hall–Kier alpha value is -4.52. The summed E-state index contributed by atoms with van der Waals surface area (Å²) in [5.74, 6) is 1.17. The van der Waals surface area contributed by atoms with E-state index in [4.69, 9.17) is 28.9 Å². The van der Waals surface area contributed by atoms with Gasteiger partial charge in [-0.3, -0.25) is 24.4 Å². The molecule has 2 aliphatic heterocycles. The molecule has 4 rings (SSSR count). The fraction of sp³-hybridized carbons (Fsp3) is 0.515. The predicted molar refractivity (Wildman–Crippen MR) is 167 cm³/mol. The van der Waals surface area contributed by atoms with Gasteiger partial charge in [0.05, 0.1) is 34.4 Å². The van der Waals surface area contributed by atoms with E-state index in [1.54, 1.807) is 55.9 Å². The second-order valence-corrected chi connectivity index (χ2v) is 11.1. The summed E-state index contributed by atoms with van der Waals surface area (Å²) in [7, 11) is 6.35. The summed E-state index contributed by atoms with van der Waals surface area (Å²) in [6.07, 6.45) is 3.14. The lowest BCUT2D eigenvalue weighted by atomic mass is 9.93. The van der Waals surface area contributed by atoms with Crippen molar-refractivity contribution in [3.8, 4) is 23.0 Å². The normalized spacial score (nSPS) is 17.8. The average Bonchev–Trinajstić information content (AvgIpc) is 3.07. The molecule has 0 radical (unpaired) electrons. The minimum Gasteiger partial charge on any atom is -0.497 e. The lowest BCUT2D eigenvalue weighted by Crippen LogP contribution is -2.42. The number of rotatable bonds is 12. The van der Waals surface area contributed by atoms with E-state index in [0.717, 1.165) is 30.4 Å². The molecule has 2 aromatic rings. The number of carbonyl (C=O) groups excluding carboxylic acids is 4. The van der Waals surface area contributed by atoms with Gasteiger partial charge in [0.1, 0.15) is 29.6 Å². The molecule has 0 saturated carbocycles. The predicted octanol–water partition coefficient (Wildman–Crippen LogP) is 3.34. The van der Waals surface area contributed by atoms with E-state index in [1.807, 2.05) is 24.3 Å². The van der Waals surface area contributed by atoms with Gasteiger partial charge in [0.25, 0.3) is 0 Å². The average molecular weight is 644 g/mol. The topological polar surface area (TPSA) is 153 Å². The van der Waals surface area contributed by atoms with Crippen LogP contribution in [-0.2, 0) is 37.0 Å². The second-order valence-electron chi connectivity index (χ2n) is 11.1. The van der Waals surface area contributed by atoms with E-state index in [2.05, 4.69) is 0 Å². The first-order chi connectivity index (χ1) is 22.1. The van der Waals surface area contributed by atoms with Gasteiger partial charge in [-0.1, -0.05) is 0 Å². The number of hydroxylamine groups is 1. The van der Waals surface area contributed by atoms with Crippen LogP contribution in [0.25, 0.3) is 0 Å². The van der Waals surface area contributed by atoms with Crippen molar-refractivity contribution in [2.24, 2.45) is 11.8 Å². The Morgan fingerprint density at radius 3 is 1.70 bits per heavy atom. The third-order valence-electron chi connectivity index (χ3n) is 8.04. The number of hydrogen-bond donors (Lipinski definition) is 2. The fourth-order valence-electron chi connectivity index (χ4n) is 5.56. The molecule has 2 fully saturated rings. The molecule has 13 nitrogen and oxygen atoms in total. The maximum absolute atomic E-state index is 12.5. The van der Waals surface area contributed by atoms with Crippen LogP contribution in [-0.4, -0.2) is 86.8 Å². The SMILES string of the molecule is COc1ccc(CN2CCCC(CC(=O)NO)C2=O)c(OC)c1.COc1ccc(CN2CCCC(COC(C)=O)C2=O)c(OC)c1. The van der Waals surface area contributed by atoms with Gasteiger partial charge in [-0.2, -0.15) is 0 Å². The number of ether oxygens (including phenoxy) is 5. The van der Waals surface area contributed by atoms with Gasteiger partial charge < -0.3 is 33.5 Å². The lowest BCUT2D eigenvalue weighted by molar-refractivity contribution is -0.149. The molecule has 0 bridgehead atoms. The van der Waals surface area contributed by atoms with Crippen molar-refractivity contribution in [2.45, 2.75) is 52.1 Å². The number of methoxy groups -OCH3 is 4. The molecular formula is C33H45N3O10. The molecule has 2 aliphatic rings. The van der Waals surface area contributed by atoms with Crippen molar-refractivity contribution in [1.82, 2.24) is 15.3 Å². The van der Waals surface area contributed by atoms with E-state index >= 15 is 0 Å². The summed E-state index contributed by atoms with van der Waals surface area (Å²) >= 11 is 0. The van der Waals surface area contributed by atoms with Gasteiger partial charge in [-0.25, -0.2) is 5.48 Å². The minimum atomic E-state index is -0.535. The number of nitrogens with zero attached hydrogens (tertiary/aromatic N) is 2. The first kappa shape index (κ1) is 36.0. The second kappa shape index (κ2) is 17.8. The Labute approximate surface area is 269 Å². The van der Waals surface area contributed by atoms with Crippen LogP contribution in [0.3, 0.4) is 0 Å². The molecule has 0 aliphatic carbocycles. The highest BCUT2D eigenvalue weighted by Gasteiger charge is 2.31. The minimum absolute atomic E-state index is 0.00554. The molecule has 13 heteroatoms. The first-order valence-corrected chi connectivity index (χ1v) is 15.2. The Bertz CT molecular complexity index is 1350. The molecular weight excluding hydrogens is 598 g/mol. The van der Waals surface area contributed by atoms with Crippen LogP contribution in [0.4, 0.5) is 0 Å². The van der Waals surface area contributed by atoms with E-state index in [1.165, 1.54) is 6.92 Å². The summed E-state index contributed by atoms with van der Waals surface area (Å²) in [5, 5.41) is 8.62. The third-order valence-corrected chi connectivity index (χ3v) is 8.04. The molecule has 3 amide bonds. The van der Waals surface area contributed by atoms with Crippen LogP contribution in [0.15, 0.2) is 36.4 Å². The summed E-state index contributed by atoms with van der Waals surface area (Å²) in [4.78, 5) is 50.8. The quantitative estimate of drug-likeness (QED) is 0.200. The van der Waals surface area contributed by atoms with Gasteiger partial charge in [0.15, 0.2) is 0 Å². The molecule has 252 valence electrons. The largest absolute Gasteiger partial charge is 0.497 e. The van der Waals surface area contributed by atoms with Crippen molar-refractivity contribution < 1.29 is 48.1 Å². The molecule has 0 spiro atoms. The van der Waals surface area contributed by atoms with Gasteiger partial charge in [0.2, 0.25) is 17.7 Å². The maximum atomic E-state index is 12.5. The fourth-order valence-corrected chi connectivity index (χ4v) is 5.56. The van der Waals surface area contributed by atoms with Crippen molar-refractivity contribution in [1.29, 1.82) is 0 Å². The number of amides is 3. The lowest BCUT2D eigenvalue weighted by Gasteiger charge is -2.32. The van der Waals surface area contributed by atoms with Gasteiger partial charge in [0, 0.05) is 68.7 Å². The van der Waals surface area contributed by atoms with Crippen LogP contribution in [0.1, 0.15) is 50.2 Å². The third kappa shape index (κ3) is 9.99. The smallest absolute Gasteiger partial charge is 0.302 e.